The first-order chi connectivity index (χ1) is 16.8. The molecule has 194 valence electrons. The molecular weight excluding hydrogens is 436 g/mol. The fourth-order valence-corrected chi connectivity index (χ4v) is 5.38. The summed E-state index contributed by atoms with van der Waals surface area (Å²) in [6.07, 6.45) is 11.8. The predicted octanol–water partition coefficient (Wildman–Crippen LogP) is 7.37. The molecule has 0 spiro atoms. The Kier molecular flexibility index (Phi) is 12.5. The highest BCUT2D eigenvalue weighted by molar-refractivity contribution is 5.69. The van der Waals surface area contributed by atoms with Crippen molar-refractivity contribution in [1.29, 1.82) is 0 Å². The van der Waals surface area contributed by atoms with Crippen LogP contribution in [0.1, 0.15) is 108 Å². The molecule has 2 rings (SSSR count). The summed E-state index contributed by atoms with van der Waals surface area (Å²) in [4.78, 5) is 11.4. The Morgan fingerprint density at radius 2 is 1.03 bits per heavy atom. The second-order valence-electron chi connectivity index (χ2n) is 10.8. The summed E-state index contributed by atoms with van der Waals surface area (Å²) in [5, 5.41) is 28.6. The van der Waals surface area contributed by atoms with Gasteiger partial charge in [-0.3, -0.25) is 4.79 Å². The molecule has 0 fully saturated rings. The first kappa shape index (κ1) is 29.1. The van der Waals surface area contributed by atoms with Gasteiger partial charge in [0.1, 0.15) is 0 Å². The average molecular weight is 483 g/mol. The van der Waals surface area contributed by atoms with Crippen LogP contribution in [0.2, 0.25) is 0 Å². The van der Waals surface area contributed by atoms with Crippen LogP contribution in [0.4, 0.5) is 0 Å². The van der Waals surface area contributed by atoms with Gasteiger partial charge >= 0.3 is 5.97 Å². The van der Waals surface area contributed by atoms with Crippen molar-refractivity contribution < 1.29 is 20.1 Å². The molecule has 35 heavy (non-hydrogen) atoms. The lowest BCUT2D eigenvalue weighted by atomic mass is 9.75. The number of hydrogen-bond donors (Lipinski definition) is 3. The van der Waals surface area contributed by atoms with Gasteiger partial charge in [0.2, 0.25) is 0 Å². The Hall–Kier alpha value is -2.17. The van der Waals surface area contributed by atoms with Crippen molar-refractivity contribution in [2.45, 2.75) is 114 Å². The maximum absolute atomic E-state index is 11.4. The standard InChI is InChI=1S/C31H46O4/c1-30(24-28(32)33,26-18-12-10-13-19-26)22-16-8-6-4-3-5-7-9-17-23-31(2,25-29(34)35)27-20-14-11-15-21-27/h10-15,18-21,28,32-33H,3-9,16-17,22-25H2,1-2H3,(H,34,35). The van der Waals surface area contributed by atoms with Gasteiger partial charge in [-0.2, -0.15) is 0 Å². The second kappa shape index (κ2) is 15.1. The fraction of sp³-hybridized carbons (Fsp3) is 0.581. The monoisotopic (exact) mass is 482 g/mol. The first-order valence-electron chi connectivity index (χ1n) is 13.4. The highest BCUT2D eigenvalue weighted by Gasteiger charge is 2.29. The van der Waals surface area contributed by atoms with E-state index in [-0.39, 0.29) is 17.3 Å². The van der Waals surface area contributed by atoms with Crippen molar-refractivity contribution in [3.8, 4) is 0 Å². The van der Waals surface area contributed by atoms with Gasteiger partial charge in [0.05, 0.1) is 6.42 Å². The lowest BCUT2D eigenvalue weighted by Gasteiger charge is -2.31. The van der Waals surface area contributed by atoms with Crippen molar-refractivity contribution in [3.05, 3.63) is 71.8 Å². The summed E-state index contributed by atoms with van der Waals surface area (Å²) in [7, 11) is 0. The average Bonchev–Trinajstić information content (AvgIpc) is 2.83. The summed E-state index contributed by atoms with van der Waals surface area (Å²) in [5.41, 5.74) is 1.80. The van der Waals surface area contributed by atoms with E-state index in [0.29, 0.717) is 6.42 Å². The summed E-state index contributed by atoms with van der Waals surface area (Å²) < 4.78 is 0. The molecule has 0 aliphatic carbocycles. The van der Waals surface area contributed by atoms with Gasteiger partial charge < -0.3 is 15.3 Å². The highest BCUT2D eigenvalue weighted by atomic mass is 16.5. The van der Waals surface area contributed by atoms with Gasteiger partial charge in [-0.05, 0) is 29.4 Å². The molecule has 0 saturated carbocycles. The number of benzene rings is 2. The number of hydrogen-bond acceptors (Lipinski definition) is 3. The van der Waals surface area contributed by atoms with Crippen LogP contribution in [0, 0.1) is 0 Å². The maximum atomic E-state index is 11.4. The lowest BCUT2D eigenvalue weighted by molar-refractivity contribution is -0.138. The molecule has 2 aromatic rings. The molecule has 0 aliphatic rings. The van der Waals surface area contributed by atoms with Crippen LogP contribution in [0.3, 0.4) is 0 Å². The van der Waals surface area contributed by atoms with E-state index in [1.54, 1.807) is 0 Å². The van der Waals surface area contributed by atoms with Gasteiger partial charge in [0, 0.05) is 11.8 Å². The van der Waals surface area contributed by atoms with Crippen LogP contribution in [-0.2, 0) is 15.6 Å². The molecule has 3 N–H and O–H groups in total. The van der Waals surface area contributed by atoms with Crippen molar-refractivity contribution in [1.82, 2.24) is 0 Å². The third-order valence-electron chi connectivity index (χ3n) is 7.57. The molecule has 0 aromatic heterocycles. The Balaban J connectivity index is 1.60. The molecule has 0 amide bonds. The third-order valence-corrected chi connectivity index (χ3v) is 7.57. The molecule has 2 atom stereocenters. The van der Waals surface area contributed by atoms with Gasteiger partial charge in [0.25, 0.3) is 0 Å². The Morgan fingerprint density at radius 1 is 0.657 bits per heavy atom. The largest absolute Gasteiger partial charge is 0.481 e. The number of unbranched alkanes of at least 4 members (excludes halogenated alkanes) is 8. The van der Waals surface area contributed by atoms with Gasteiger partial charge in [0.15, 0.2) is 6.29 Å². The predicted molar refractivity (Wildman–Crippen MR) is 143 cm³/mol. The molecule has 0 heterocycles. The van der Waals surface area contributed by atoms with Crippen LogP contribution in [0.15, 0.2) is 60.7 Å². The number of aliphatic carboxylic acids is 1. The number of aliphatic hydroxyl groups excluding tert-OH is 1. The molecule has 0 bridgehead atoms. The molecule has 0 saturated heterocycles. The minimum atomic E-state index is -1.28. The van der Waals surface area contributed by atoms with E-state index in [2.05, 4.69) is 38.1 Å². The number of aliphatic hydroxyl groups is 2. The summed E-state index contributed by atoms with van der Waals surface area (Å²) >= 11 is 0. The number of carboxylic acids is 1. The zero-order chi connectivity index (χ0) is 25.6. The van der Waals surface area contributed by atoms with Crippen molar-refractivity contribution in [2.24, 2.45) is 0 Å². The third kappa shape index (κ3) is 10.5. The number of rotatable bonds is 18. The highest BCUT2D eigenvalue weighted by Crippen LogP contribution is 2.35. The Labute approximate surface area is 212 Å². The smallest absolute Gasteiger partial charge is 0.304 e. The van der Waals surface area contributed by atoms with Crippen molar-refractivity contribution in [2.75, 3.05) is 0 Å². The molecule has 4 heteroatoms. The quantitative estimate of drug-likeness (QED) is 0.153. The number of carbonyl (C=O) groups is 1. The molecule has 4 nitrogen and oxygen atoms in total. The molecule has 0 radical (unpaired) electrons. The summed E-state index contributed by atoms with van der Waals surface area (Å²) in [6.45, 7) is 4.22. The van der Waals surface area contributed by atoms with E-state index in [0.717, 1.165) is 37.7 Å². The van der Waals surface area contributed by atoms with E-state index in [1.807, 2.05) is 36.4 Å². The van der Waals surface area contributed by atoms with E-state index in [4.69, 9.17) is 0 Å². The maximum Gasteiger partial charge on any atom is 0.304 e. The van der Waals surface area contributed by atoms with E-state index in [1.165, 1.54) is 44.1 Å². The molecule has 2 aromatic carbocycles. The second-order valence-corrected chi connectivity index (χ2v) is 10.8. The van der Waals surface area contributed by atoms with Crippen LogP contribution in [0.5, 0.6) is 0 Å². The normalized spacial score (nSPS) is 15.0. The lowest BCUT2D eigenvalue weighted by Crippen LogP contribution is -2.28. The van der Waals surface area contributed by atoms with Crippen molar-refractivity contribution in [3.63, 3.8) is 0 Å². The van der Waals surface area contributed by atoms with Crippen LogP contribution >= 0.6 is 0 Å². The zero-order valence-corrected chi connectivity index (χ0v) is 21.8. The molecular formula is C31H46O4. The molecule has 0 aliphatic heterocycles. The SMILES string of the molecule is CC(CCCCCCCCCCCC(C)(CC(O)O)c1ccccc1)(CC(=O)O)c1ccccc1. The van der Waals surface area contributed by atoms with E-state index >= 15 is 0 Å². The van der Waals surface area contributed by atoms with Crippen LogP contribution < -0.4 is 0 Å². The van der Waals surface area contributed by atoms with Gasteiger partial charge in [-0.1, -0.05) is 132 Å². The van der Waals surface area contributed by atoms with Crippen LogP contribution in [-0.4, -0.2) is 27.6 Å². The minimum absolute atomic E-state index is 0.178. The van der Waals surface area contributed by atoms with Crippen LogP contribution in [0.25, 0.3) is 0 Å². The van der Waals surface area contributed by atoms with E-state index < -0.39 is 12.3 Å². The zero-order valence-electron chi connectivity index (χ0n) is 21.8. The first-order valence-corrected chi connectivity index (χ1v) is 13.4. The fourth-order valence-electron chi connectivity index (χ4n) is 5.38. The van der Waals surface area contributed by atoms with Crippen molar-refractivity contribution >= 4 is 5.97 Å². The van der Waals surface area contributed by atoms with Gasteiger partial charge in [-0.15, -0.1) is 0 Å². The van der Waals surface area contributed by atoms with Gasteiger partial charge in [-0.25, -0.2) is 0 Å². The topological polar surface area (TPSA) is 77.8 Å². The minimum Gasteiger partial charge on any atom is -0.481 e. The summed E-state index contributed by atoms with van der Waals surface area (Å²) in [5.74, 6) is -0.729. The molecule has 2 unspecified atom stereocenters. The Bertz CT molecular complexity index is 836. The van der Waals surface area contributed by atoms with E-state index in [9.17, 15) is 20.1 Å². The number of carboxylic acid groups (broad SMARTS) is 1. The Morgan fingerprint density at radius 3 is 1.43 bits per heavy atom. The summed E-state index contributed by atoms with van der Waals surface area (Å²) in [6, 6.07) is 20.3.